The molecule has 2 saturated carbocycles. The molecule has 0 unspecified atom stereocenters. The molecule has 5 rings (SSSR count). The number of sulfone groups is 1. The van der Waals surface area contributed by atoms with E-state index in [1.807, 2.05) is 0 Å². The molecule has 10 heteroatoms. The van der Waals surface area contributed by atoms with Crippen LogP contribution in [0, 0.1) is 34.5 Å². The SMILES string of the molecule is C=CCNC(=O)C(=O)[C@@H]1CCCCCCCCCC[C@H](CC(=O)CC2([C@@H]3CCS3(=O)=O)CCCCC2)C(=O)N2C[C@H]3[C@@H]([C@H]2C(=O)C1)C3(C)C. The van der Waals surface area contributed by atoms with Gasteiger partial charge in [0, 0.05) is 44.2 Å². The molecule has 274 valence electrons. The predicted molar refractivity (Wildman–Crippen MR) is 189 cm³/mol. The summed E-state index contributed by atoms with van der Waals surface area (Å²) in [5.74, 6) is -2.56. The first-order chi connectivity index (χ1) is 23.3. The number of nitrogens with one attached hydrogen (secondary N) is 1. The fraction of sp³-hybridized carbons (Fsp3) is 0.821. The van der Waals surface area contributed by atoms with Crippen molar-refractivity contribution in [1.82, 2.24) is 10.2 Å². The lowest BCUT2D eigenvalue weighted by Crippen LogP contribution is -2.52. The van der Waals surface area contributed by atoms with Crippen LogP contribution in [0.5, 0.6) is 0 Å². The monoisotopic (exact) mass is 700 g/mol. The minimum atomic E-state index is -3.18. The summed E-state index contributed by atoms with van der Waals surface area (Å²) < 4.78 is 25.6. The fourth-order valence-electron chi connectivity index (χ4n) is 10.1. The Balaban J connectivity index is 1.37. The summed E-state index contributed by atoms with van der Waals surface area (Å²) in [4.78, 5) is 70.5. The first kappa shape index (κ1) is 37.9. The molecule has 0 aromatic carbocycles. The van der Waals surface area contributed by atoms with E-state index in [4.69, 9.17) is 0 Å². The zero-order chi connectivity index (χ0) is 35.4. The van der Waals surface area contributed by atoms with Crippen LogP contribution in [0.25, 0.3) is 0 Å². The molecule has 2 aliphatic carbocycles. The van der Waals surface area contributed by atoms with Gasteiger partial charge in [-0.15, -0.1) is 6.58 Å². The number of hydrogen-bond donors (Lipinski definition) is 1. The van der Waals surface area contributed by atoms with Crippen molar-refractivity contribution in [2.45, 2.75) is 147 Å². The van der Waals surface area contributed by atoms with Crippen molar-refractivity contribution in [1.29, 1.82) is 0 Å². The minimum absolute atomic E-state index is 0.0120. The number of carbonyl (C=O) groups excluding carboxylic acids is 5. The lowest BCUT2D eigenvalue weighted by molar-refractivity contribution is -0.146. The quantitative estimate of drug-likeness (QED) is 0.233. The number of piperidine rings is 1. The van der Waals surface area contributed by atoms with E-state index >= 15 is 0 Å². The fourth-order valence-corrected chi connectivity index (χ4v) is 12.1. The Morgan fingerprint density at radius 1 is 0.898 bits per heavy atom. The average Bonchev–Trinajstić information content (AvgIpc) is 3.36. The molecule has 5 aliphatic rings. The van der Waals surface area contributed by atoms with Crippen LogP contribution in [0.15, 0.2) is 12.7 Å². The van der Waals surface area contributed by atoms with E-state index in [1.165, 1.54) is 6.08 Å². The van der Waals surface area contributed by atoms with Crippen LogP contribution in [0.1, 0.15) is 136 Å². The van der Waals surface area contributed by atoms with Gasteiger partial charge >= 0.3 is 0 Å². The van der Waals surface area contributed by atoms with E-state index in [-0.39, 0.29) is 66.3 Å². The third-order valence-corrected chi connectivity index (χ3v) is 15.5. The Labute approximate surface area is 294 Å². The van der Waals surface area contributed by atoms with Gasteiger partial charge in [0.15, 0.2) is 15.6 Å². The van der Waals surface area contributed by atoms with Gasteiger partial charge in [0.2, 0.25) is 11.7 Å². The summed E-state index contributed by atoms with van der Waals surface area (Å²) in [5.41, 5.74) is -0.632. The van der Waals surface area contributed by atoms with E-state index in [0.717, 1.165) is 83.5 Å². The highest BCUT2D eigenvalue weighted by atomic mass is 32.2. The van der Waals surface area contributed by atoms with Crippen molar-refractivity contribution in [3.05, 3.63) is 12.7 Å². The van der Waals surface area contributed by atoms with Gasteiger partial charge in [0.25, 0.3) is 5.91 Å². The van der Waals surface area contributed by atoms with Crippen molar-refractivity contribution in [2.24, 2.45) is 34.5 Å². The Bertz CT molecular complexity index is 1380. The summed E-state index contributed by atoms with van der Waals surface area (Å²) in [6, 6.07) is -0.669. The molecule has 0 aromatic rings. The third kappa shape index (κ3) is 8.41. The highest BCUT2D eigenvalue weighted by Crippen LogP contribution is 2.65. The lowest BCUT2D eigenvalue weighted by Gasteiger charge is -2.47. The van der Waals surface area contributed by atoms with Gasteiger partial charge in [-0.05, 0) is 54.8 Å². The van der Waals surface area contributed by atoms with E-state index in [1.54, 1.807) is 4.90 Å². The minimum Gasteiger partial charge on any atom is -0.346 e. The topological polar surface area (TPSA) is 135 Å². The number of amides is 2. The maximum absolute atomic E-state index is 14.5. The van der Waals surface area contributed by atoms with Crippen LogP contribution in [0.2, 0.25) is 0 Å². The summed E-state index contributed by atoms with van der Waals surface area (Å²) in [6.07, 6.45) is 15.5. The van der Waals surface area contributed by atoms with Crippen LogP contribution < -0.4 is 5.32 Å². The van der Waals surface area contributed by atoms with Crippen molar-refractivity contribution < 1.29 is 32.4 Å². The van der Waals surface area contributed by atoms with Crippen LogP contribution in [-0.2, 0) is 33.8 Å². The van der Waals surface area contributed by atoms with Crippen LogP contribution >= 0.6 is 0 Å². The van der Waals surface area contributed by atoms with E-state index in [0.29, 0.717) is 25.8 Å². The summed E-state index contributed by atoms with van der Waals surface area (Å²) >= 11 is 0. The molecule has 6 atom stereocenters. The second kappa shape index (κ2) is 15.9. The molecule has 9 nitrogen and oxygen atoms in total. The zero-order valence-corrected chi connectivity index (χ0v) is 30.8. The molecule has 3 saturated heterocycles. The van der Waals surface area contributed by atoms with Gasteiger partial charge in [-0.2, -0.15) is 0 Å². The van der Waals surface area contributed by atoms with Crippen molar-refractivity contribution in [3.63, 3.8) is 0 Å². The van der Waals surface area contributed by atoms with Gasteiger partial charge in [0.05, 0.1) is 17.0 Å². The first-order valence-electron chi connectivity index (χ1n) is 19.3. The third-order valence-electron chi connectivity index (χ3n) is 13.1. The number of rotatable bonds is 9. The number of ketones is 3. The zero-order valence-electron chi connectivity index (χ0n) is 30.0. The molecule has 5 fully saturated rings. The van der Waals surface area contributed by atoms with Gasteiger partial charge in [0.1, 0.15) is 5.78 Å². The molecule has 0 bridgehead atoms. The van der Waals surface area contributed by atoms with Gasteiger partial charge in [-0.25, -0.2) is 8.42 Å². The number of carbonyl (C=O) groups is 5. The lowest BCUT2D eigenvalue weighted by atomic mass is 9.67. The van der Waals surface area contributed by atoms with E-state index in [2.05, 4.69) is 25.7 Å². The largest absolute Gasteiger partial charge is 0.346 e. The van der Waals surface area contributed by atoms with Crippen LogP contribution in [0.3, 0.4) is 0 Å². The molecule has 1 N–H and O–H groups in total. The molecule has 3 heterocycles. The standard InChI is InChI=1S/C39H60N2O7S/c1-4-21-40-36(45)35(44)27-16-12-9-7-5-6-8-10-13-17-28(37(46)41-26-30-33(38(30,2)3)34(41)31(43)24-27)23-29(42)25-39(19-14-11-15-20-39)32-18-22-49(32,47)48/h4,27-28,30,32-34H,1,5-26H2,2-3H3,(H,40,45)/t27-,28-,30+,32+,33+,34-/m1/s1. The van der Waals surface area contributed by atoms with Crippen molar-refractivity contribution >= 4 is 39.0 Å². The molecule has 3 aliphatic heterocycles. The molecule has 49 heavy (non-hydrogen) atoms. The summed E-state index contributed by atoms with van der Waals surface area (Å²) in [5, 5.41) is 2.13. The van der Waals surface area contributed by atoms with Gasteiger partial charge in [-0.1, -0.05) is 90.6 Å². The second-order valence-electron chi connectivity index (χ2n) is 16.7. The highest BCUT2D eigenvalue weighted by molar-refractivity contribution is 7.93. The number of nitrogens with zero attached hydrogens (tertiary/aromatic N) is 1. The molecule has 0 radical (unpaired) electrons. The number of Topliss-reactive ketones (excluding diaryl/α,β-unsaturated/α-hetero) is 3. The molecule has 2 amide bonds. The average molecular weight is 701 g/mol. The second-order valence-corrected chi connectivity index (χ2v) is 19.0. The Hall–Kier alpha value is -2.36. The maximum atomic E-state index is 14.5. The molecular formula is C39H60N2O7S. The Kier molecular flexibility index (Phi) is 12.3. The maximum Gasteiger partial charge on any atom is 0.287 e. The smallest absolute Gasteiger partial charge is 0.287 e. The first-order valence-corrected chi connectivity index (χ1v) is 21.0. The van der Waals surface area contributed by atoms with E-state index < -0.39 is 50.1 Å². The summed E-state index contributed by atoms with van der Waals surface area (Å²) in [6.45, 7) is 8.50. The van der Waals surface area contributed by atoms with E-state index in [9.17, 15) is 32.4 Å². The molecule has 0 spiro atoms. The predicted octanol–water partition coefficient (Wildman–Crippen LogP) is 5.93. The van der Waals surface area contributed by atoms with Crippen LogP contribution in [0.4, 0.5) is 0 Å². The van der Waals surface area contributed by atoms with Crippen molar-refractivity contribution in [3.8, 4) is 0 Å². The molecular weight excluding hydrogens is 641 g/mol. The normalized spacial score (nSPS) is 33.2. The van der Waals surface area contributed by atoms with Crippen LogP contribution in [-0.4, -0.2) is 72.6 Å². The van der Waals surface area contributed by atoms with Gasteiger partial charge in [-0.3, -0.25) is 24.0 Å². The Morgan fingerprint density at radius 2 is 1.51 bits per heavy atom. The Morgan fingerprint density at radius 3 is 2.10 bits per heavy atom. The number of hydrogen-bond acceptors (Lipinski definition) is 7. The molecule has 0 aromatic heterocycles. The van der Waals surface area contributed by atoms with Gasteiger partial charge < -0.3 is 10.2 Å². The van der Waals surface area contributed by atoms with Crippen molar-refractivity contribution in [2.75, 3.05) is 18.8 Å². The number of fused-ring (bicyclic) bond motifs is 3. The summed E-state index contributed by atoms with van der Waals surface area (Å²) in [7, 11) is -3.18. The highest BCUT2D eigenvalue weighted by Gasteiger charge is 2.69.